The molecule has 0 saturated heterocycles. The number of nitrogens with one attached hydrogen (secondary N) is 1. The fourth-order valence-corrected chi connectivity index (χ4v) is 2.24. The normalized spacial score (nSPS) is 10.3. The van der Waals surface area contributed by atoms with Crippen molar-refractivity contribution in [2.45, 2.75) is 52.4 Å². The standard InChI is InChI=1S/C12H25NOS/c1-3-4-5-6-7-8-10-15-11-9-13-12(2)14/h3-11H2,1-2H3,(H,13,14). The van der Waals surface area contributed by atoms with Gasteiger partial charge in [0.2, 0.25) is 5.91 Å². The Hall–Kier alpha value is -0.180. The molecule has 0 fully saturated rings. The molecule has 0 aromatic heterocycles. The third-order valence-corrected chi connectivity index (χ3v) is 3.33. The van der Waals surface area contributed by atoms with Gasteiger partial charge >= 0.3 is 0 Å². The summed E-state index contributed by atoms with van der Waals surface area (Å²) in [6, 6.07) is 0. The van der Waals surface area contributed by atoms with E-state index in [9.17, 15) is 4.79 Å². The smallest absolute Gasteiger partial charge is 0.216 e. The van der Waals surface area contributed by atoms with Crippen molar-refractivity contribution in [3.63, 3.8) is 0 Å². The number of unbranched alkanes of at least 4 members (excludes halogenated alkanes) is 5. The quantitative estimate of drug-likeness (QED) is 0.585. The molecule has 2 nitrogen and oxygen atoms in total. The Morgan fingerprint density at radius 3 is 2.40 bits per heavy atom. The number of carbonyl (C=O) groups is 1. The molecule has 0 aliphatic rings. The molecule has 0 saturated carbocycles. The molecule has 0 radical (unpaired) electrons. The molecule has 0 bridgehead atoms. The maximum Gasteiger partial charge on any atom is 0.216 e. The molecule has 1 amide bonds. The average molecular weight is 231 g/mol. The molecule has 0 aliphatic heterocycles. The molecule has 0 aromatic carbocycles. The van der Waals surface area contributed by atoms with Crippen molar-refractivity contribution in [1.29, 1.82) is 0 Å². The molecule has 0 heterocycles. The fraction of sp³-hybridized carbons (Fsp3) is 0.917. The summed E-state index contributed by atoms with van der Waals surface area (Å²) in [6.07, 6.45) is 8.19. The number of hydrogen-bond donors (Lipinski definition) is 1. The molecule has 0 aliphatic carbocycles. The lowest BCUT2D eigenvalue weighted by atomic mass is 10.1. The van der Waals surface area contributed by atoms with Crippen molar-refractivity contribution in [3.05, 3.63) is 0 Å². The van der Waals surface area contributed by atoms with Crippen molar-refractivity contribution in [1.82, 2.24) is 5.32 Å². The Bertz CT molecular complexity index is 151. The summed E-state index contributed by atoms with van der Waals surface area (Å²) in [5.74, 6) is 2.37. The summed E-state index contributed by atoms with van der Waals surface area (Å²) in [4.78, 5) is 10.6. The zero-order valence-corrected chi connectivity index (χ0v) is 11.0. The Labute approximate surface area is 98.6 Å². The molecule has 15 heavy (non-hydrogen) atoms. The van der Waals surface area contributed by atoms with Gasteiger partial charge in [-0.3, -0.25) is 4.79 Å². The van der Waals surface area contributed by atoms with Gasteiger partial charge in [-0.25, -0.2) is 0 Å². The molecule has 1 N–H and O–H groups in total. The zero-order valence-electron chi connectivity index (χ0n) is 10.2. The minimum Gasteiger partial charge on any atom is -0.356 e. The highest BCUT2D eigenvalue weighted by molar-refractivity contribution is 7.99. The van der Waals surface area contributed by atoms with E-state index in [4.69, 9.17) is 0 Å². The summed E-state index contributed by atoms with van der Waals surface area (Å²) in [5, 5.41) is 2.80. The first-order valence-electron chi connectivity index (χ1n) is 6.09. The third kappa shape index (κ3) is 13.8. The predicted octanol–water partition coefficient (Wildman–Crippen LogP) is 3.22. The van der Waals surface area contributed by atoms with Crippen LogP contribution in [0.15, 0.2) is 0 Å². The van der Waals surface area contributed by atoms with Gasteiger partial charge in [0.1, 0.15) is 0 Å². The van der Waals surface area contributed by atoms with E-state index in [1.807, 2.05) is 11.8 Å². The summed E-state index contributed by atoms with van der Waals surface area (Å²) < 4.78 is 0. The van der Waals surface area contributed by atoms with E-state index < -0.39 is 0 Å². The third-order valence-electron chi connectivity index (χ3n) is 2.26. The second kappa shape index (κ2) is 11.9. The number of carbonyl (C=O) groups excluding carboxylic acids is 1. The van der Waals surface area contributed by atoms with Crippen LogP contribution in [0.3, 0.4) is 0 Å². The van der Waals surface area contributed by atoms with Crippen LogP contribution in [0.2, 0.25) is 0 Å². The molecule has 0 atom stereocenters. The summed E-state index contributed by atoms with van der Waals surface area (Å²) >= 11 is 1.94. The van der Waals surface area contributed by atoms with Crippen LogP contribution in [-0.2, 0) is 4.79 Å². The Morgan fingerprint density at radius 1 is 1.07 bits per heavy atom. The lowest BCUT2D eigenvalue weighted by molar-refractivity contribution is -0.118. The first-order valence-corrected chi connectivity index (χ1v) is 7.25. The van der Waals surface area contributed by atoms with Gasteiger partial charge in [-0.05, 0) is 12.2 Å². The van der Waals surface area contributed by atoms with Crippen molar-refractivity contribution in [2.24, 2.45) is 0 Å². The topological polar surface area (TPSA) is 29.1 Å². The van der Waals surface area contributed by atoms with Crippen molar-refractivity contribution in [3.8, 4) is 0 Å². The van der Waals surface area contributed by atoms with Crippen LogP contribution in [0.1, 0.15) is 52.4 Å². The second-order valence-corrected chi connectivity index (χ2v) is 5.09. The minimum absolute atomic E-state index is 0.0789. The number of hydrogen-bond acceptors (Lipinski definition) is 2. The predicted molar refractivity (Wildman–Crippen MR) is 69.4 cm³/mol. The molecule has 0 spiro atoms. The van der Waals surface area contributed by atoms with E-state index in [0.29, 0.717) is 0 Å². The van der Waals surface area contributed by atoms with Crippen LogP contribution < -0.4 is 5.32 Å². The zero-order chi connectivity index (χ0) is 11.4. The van der Waals surface area contributed by atoms with E-state index in [0.717, 1.165) is 12.3 Å². The molecule has 0 rings (SSSR count). The van der Waals surface area contributed by atoms with E-state index in [-0.39, 0.29) is 5.91 Å². The van der Waals surface area contributed by atoms with Gasteiger partial charge in [-0.1, -0.05) is 39.0 Å². The first-order chi connectivity index (χ1) is 7.27. The van der Waals surface area contributed by atoms with Crippen LogP contribution in [0.25, 0.3) is 0 Å². The molecular weight excluding hydrogens is 206 g/mol. The van der Waals surface area contributed by atoms with Gasteiger partial charge in [-0.15, -0.1) is 0 Å². The van der Waals surface area contributed by atoms with Crippen LogP contribution in [0, 0.1) is 0 Å². The van der Waals surface area contributed by atoms with E-state index >= 15 is 0 Å². The van der Waals surface area contributed by atoms with Gasteiger partial charge in [0.05, 0.1) is 0 Å². The molecule has 0 aromatic rings. The molecule has 3 heteroatoms. The maximum atomic E-state index is 10.6. The van der Waals surface area contributed by atoms with Crippen molar-refractivity contribution in [2.75, 3.05) is 18.1 Å². The van der Waals surface area contributed by atoms with Gasteiger partial charge in [-0.2, -0.15) is 11.8 Å². The lowest BCUT2D eigenvalue weighted by Crippen LogP contribution is -2.22. The first kappa shape index (κ1) is 14.8. The highest BCUT2D eigenvalue weighted by atomic mass is 32.2. The fourth-order valence-electron chi connectivity index (χ4n) is 1.39. The van der Waals surface area contributed by atoms with Gasteiger partial charge in [0, 0.05) is 19.2 Å². The summed E-state index contributed by atoms with van der Waals surface area (Å²) in [7, 11) is 0. The van der Waals surface area contributed by atoms with Crippen molar-refractivity contribution >= 4 is 17.7 Å². The van der Waals surface area contributed by atoms with E-state index in [1.165, 1.54) is 44.3 Å². The largest absolute Gasteiger partial charge is 0.356 e. The Balaban J connectivity index is 2.89. The van der Waals surface area contributed by atoms with Crippen LogP contribution in [-0.4, -0.2) is 24.0 Å². The van der Waals surface area contributed by atoms with Gasteiger partial charge in [0.15, 0.2) is 0 Å². The van der Waals surface area contributed by atoms with E-state index in [2.05, 4.69) is 12.2 Å². The summed E-state index contributed by atoms with van der Waals surface area (Å²) in [5.41, 5.74) is 0. The highest BCUT2D eigenvalue weighted by Gasteiger charge is 1.93. The lowest BCUT2D eigenvalue weighted by Gasteiger charge is -2.02. The van der Waals surface area contributed by atoms with Crippen LogP contribution >= 0.6 is 11.8 Å². The number of thioether (sulfide) groups is 1. The Kier molecular flexibility index (Phi) is 11.7. The average Bonchev–Trinajstić information content (AvgIpc) is 2.20. The maximum absolute atomic E-state index is 10.6. The van der Waals surface area contributed by atoms with Gasteiger partial charge < -0.3 is 5.32 Å². The highest BCUT2D eigenvalue weighted by Crippen LogP contribution is 2.09. The molecular formula is C12H25NOS. The van der Waals surface area contributed by atoms with Crippen LogP contribution in [0.5, 0.6) is 0 Å². The Morgan fingerprint density at radius 2 is 1.73 bits per heavy atom. The van der Waals surface area contributed by atoms with Gasteiger partial charge in [0.25, 0.3) is 0 Å². The van der Waals surface area contributed by atoms with Crippen molar-refractivity contribution < 1.29 is 4.79 Å². The molecule has 90 valence electrons. The van der Waals surface area contributed by atoms with E-state index in [1.54, 1.807) is 6.92 Å². The molecule has 0 unspecified atom stereocenters. The minimum atomic E-state index is 0.0789. The second-order valence-electron chi connectivity index (χ2n) is 3.86. The SMILES string of the molecule is CCCCCCCCSCCNC(C)=O. The monoisotopic (exact) mass is 231 g/mol. The van der Waals surface area contributed by atoms with Crippen LogP contribution in [0.4, 0.5) is 0 Å². The number of rotatable bonds is 10. The summed E-state index contributed by atoms with van der Waals surface area (Å²) in [6.45, 7) is 4.63. The number of amides is 1.